The minimum atomic E-state index is -0.337. The van der Waals surface area contributed by atoms with Crippen molar-refractivity contribution in [3.63, 3.8) is 0 Å². The molecule has 0 bridgehead atoms. The first-order chi connectivity index (χ1) is 9.76. The number of H-pyrrole nitrogens is 1. The first-order valence-electron chi connectivity index (χ1n) is 6.64. The van der Waals surface area contributed by atoms with E-state index in [-0.39, 0.29) is 5.97 Å². The summed E-state index contributed by atoms with van der Waals surface area (Å²) in [5.41, 5.74) is 1.57. The highest BCUT2D eigenvalue weighted by Gasteiger charge is 2.10. The molecule has 3 nitrogen and oxygen atoms in total. The van der Waals surface area contributed by atoms with Gasteiger partial charge >= 0.3 is 5.97 Å². The first kappa shape index (κ1) is 12.5. The second kappa shape index (κ2) is 5.21. The number of ether oxygens (including phenoxy) is 1. The van der Waals surface area contributed by atoms with Crippen LogP contribution in [0.2, 0.25) is 0 Å². The van der Waals surface area contributed by atoms with E-state index in [2.05, 4.69) is 4.98 Å². The molecule has 3 rings (SSSR count). The fourth-order valence-corrected chi connectivity index (χ4v) is 2.16. The van der Waals surface area contributed by atoms with E-state index in [0.717, 1.165) is 22.9 Å². The topological polar surface area (TPSA) is 42.1 Å². The highest BCUT2D eigenvalue weighted by molar-refractivity contribution is 5.92. The second-order valence-corrected chi connectivity index (χ2v) is 4.67. The van der Waals surface area contributed by atoms with Gasteiger partial charge in [0.1, 0.15) is 5.75 Å². The van der Waals surface area contributed by atoms with Crippen molar-refractivity contribution >= 4 is 16.7 Å². The predicted octanol–water partition coefficient (Wildman–Crippen LogP) is 3.95. The SMILES string of the molecule is CCc1cc(C(=O)Oc2ccc3ccccc3c2)c[nH]1. The largest absolute Gasteiger partial charge is 0.423 e. The number of nitrogens with one attached hydrogen (secondary N) is 1. The fourth-order valence-electron chi connectivity index (χ4n) is 2.16. The van der Waals surface area contributed by atoms with E-state index >= 15 is 0 Å². The molecule has 1 aromatic heterocycles. The summed E-state index contributed by atoms with van der Waals surface area (Å²) >= 11 is 0. The van der Waals surface area contributed by atoms with Gasteiger partial charge in [-0.2, -0.15) is 0 Å². The van der Waals surface area contributed by atoms with Crippen LogP contribution in [0.4, 0.5) is 0 Å². The molecule has 0 unspecified atom stereocenters. The van der Waals surface area contributed by atoms with Crippen LogP contribution in [-0.4, -0.2) is 11.0 Å². The van der Waals surface area contributed by atoms with Gasteiger partial charge < -0.3 is 9.72 Å². The molecule has 0 spiro atoms. The van der Waals surface area contributed by atoms with Gasteiger partial charge in [-0.15, -0.1) is 0 Å². The highest BCUT2D eigenvalue weighted by atomic mass is 16.5. The molecule has 3 aromatic rings. The number of benzene rings is 2. The zero-order valence-corrected chi connectivity index (χ0v) is 11.2. The Bertz CT molecular complexity index is 758. The van der Waals surface area contributed by atoms with Crippen LogP contribution in [0.25, 0.3) is 10.8 Å². The molecule has 0 aliphatic carbocycles. The lowest BCUT2D eigenvalue weighted by Gasteiger charge is -2.04. The second-order valence-electron chi connectivity index (χ2n) is 4.67. The summed E-state index contributed by atoms with van der Waals surface area (Å²) in [6, 6.07) is 15.4. The Hall–Kier alpha value is -2.55. The lowest BCUT2D eigenvalue weighted by Crippen LogP contribution is -2.07. The number of carbonyl (C=O) groups excluding carboxylic acids is 1. The van der Waals surface area contributed by atoms with E-state index in [4.69, 9.17) is 4.74 Å². The molecule has 0 fully saturated rings. The van der Waals surface area contributed by atoms with Crippen LogP contribution in [0.5, 0.6) is 5.75 Å². The van der Waals surface area contributed by atoms with Crippen LogP contribution < -0.4 is 4.74 Å². The van der Waals surface area contributed by atoms with Crippen molar-refractivity contribution in [2.45, 2.75) is 13.3 Å². The average Bonchev–Trinajstić information content (AvgIpc) is 2.96. The molecule has 0 atom stereocenters. The molecule has 2 aromatic carbocycles. The van der Waals surface area contributed by atoms with Crippen LogP contribution in [0, 0.1) is 0 Å². The van der Waals surface area contributed by atoms with Gasteiger partial charge in [0.05, 0.1) is 5.56 Å². The molecule has 0 saturated heterocycles. The van der Waals surface area contributed by atoms with Crippen molar-refractivity contribution < 1.29 is 9.53 Å². The summed E-state index contributed by atoms with van der Waals surface area (Å²) in [6.07, 6.45) is 2.55. The number of esters is 1. The van der Waals surface area contributed by atoms with Gasteiger partial charge in [0.2, 0.25) is 0 Å². The van der Waals surface area contributed by atoms with Crippen molar-refractivity contribution in [3.05, 3.63) is 66.0 Å². The maximum absolute atomic E-state index is 12.0. The molecular weight excluding hydrogens is 250 g/mol. The van der Waals surface area contributed by atoms with Crippen LogP contribution in [-0.2, 0) is 6.42 Å². The van der Waals surface area contributed by atoms with E-state index in [1.54, 1.807) is 6.20 Å². The minimum absolute atomic E-state index is 0.337. The van der Waals surface area contributed by atoms with Crippen LogP contribution in [0.15, 0.2) is 54.7 Å². The molecule has 0 aliphatic heterocycles. The molecule has 0 amide bonds. The lowest BCUT2D eigenvalue weighted by molar-refractivity contribution is 0.0735. The Labute approximate surface area is 117 Å². The lowest BCUT2D eigenvalue weighted by atomic mass is 10.1. The number of hydrogen-bond acceptors (Lipinski definition) is 2. The molecule has 0 aliphatic rings. The third-order valence-electron chi connectivity index (χ3n) is 3.29. The third kappa shape index (κ3) is 2.43. The van der Waals surface area contributed by atoms with Gasteiger partial charge in [-0.05, 0) is 35.4 Å². The number of aromatic nitrogens is 1. The zero-order chi connectivity index (χ0) is 13.9. The van der Waals surface area contributed by atoms with Gasteiger partial charge in [0, 0.05) is 11.9 Å². The molecule has 0 radical (unpaired) electrons. The van der Waals surface area contributed by atoms with E-state index < -0.39 is 0 Å². The number of fused-ring (bicyclic) bond motifs is 1. The third-order valence-corrected chi connectivity index (χ3v) is 3.29. The van der Waals surface area contributed by atoms with Gasteiger partial charge in [-0.1, -0.05) is 37.3 Å². The Kier molecular flexibility index (Phi) is 3.25. The van der Waals surface area contributed by atoms with Crippen LogP contribution in [0.1, 0.15) is 23.0 Å². The van der Waals surface area contributed by atoms with Crippen LogP contribution in [0.3, 0.4) is 0 Å². The molecule has 20 heavy (non-hydrogen) atoms. The minimum Gasteiger partial charge on any atom is -0.423 e. The average molecular weight is 265 g/mol. The summed E-state index contributed by atoms with van der Waals surface area (Å²) in [5, 5.41) is 2.18. The van der Waals surface area contributed by atoms with Gasteiger partial charge in [0.15, 0.2) is 0 Å². The highest BCUT2D eigenvalue weighted by Crippen LogP contribution is 2.21. The molecule has 0 saturated carbocycles. The monoisotopic (exact) mass is 265 g/mol. The normalized spacial score (nSPS) is 10.7. The fraction of sp³-hybridized carbons (Fsp3) is 0.118. The molecular formula is C17H15NO2. The number of rotatable bonds is 3. The number of aryl methyl sites for hydroxylation is 1. The summed E-state index contributed by atoms with van der Waals surface area (Å²) < 4.78 is 5.41. The Balaban J connectivity index is 1.83. The predicted molar refractivity (Wildman–Crippen MR) is 79.1 cm³/mol. The van der Waals surface area contributed by atoms with E-state index in [1.807, 2.05) is 55.5 Å². The van der Waals surface area contributed by atoms with Crippen molar-refractivity contribution in [1.82, 2.24) is 4.98 Å². The Morgan fingerprint density at radius 2 is 1.90 bits per heavy atom. The molecule has 1 N–H and O–H groups in total. The maximum atomic E-state index is 12.0. The molecule has 100 valence electrons. The molecule has 3 heteroatoms. The molecule has 1 heterocycles. The van der Waals surface area contributed by atoms with Crippen molar-refractivity contribution in [1.29, 1.82) is 0 Å². The van der Waals surface area contributed by atoms with E-state index in [1.165, 1.54) is 0 Å². The van der Waals surface area contributed by atoms with Crippen molar-refractivity contribution in [2.75, 3.05) is 0 Å². The quantitative estimate of drug-likeness (QED) is 0.575. The summed E-state index contributed by atoms with van der Waals surface area (Å²) in [4.78, 5) is 15.1. The first-order valence-corrected chi connectivity index (χ1v) is 6.64. The summed E-state index contributed by atoms with van der Waals surface area (Å²) in [5.74, 6) is 0.226. The van der Waals surface area contributed by atoms with Gasteiger partial charge in [-0.25, -0.2) is 4.79 Å². The van der Waals surface area contributed by atoms with Crippen LogP contribution >= 0.6 is 0 Å². The van der Waals surface area contributed by atoms with E-state index in [9.17, 15) is 4.79 Å². The smallest absolute Gasteiger partial charge is 0.345 e. The summed E-state index contributed by atoms with van der Waals surface area (Å²) in [7, 11) is 0. The van der Waals surface area contributed by atoms with Gasteiger partial charge in [-0.3, -0.25) is 0 Å². The van der Waals surface area contributed by atoms with Gasteiger partial charge in [0.25, 0.3) is 0 Å². The number of aromatic amines is 1. The Morgan fingerprint density at radius 3 is 2.65 bits per heavy atom. The standard InChI is InChI=1S/C17H15NO2/c1-2-15-9-14(11-18-15)17(19)20-16-8-7-12-5-3-4-6-13(12)10-16/h3-11,18H,2H2,1H3. The maximum Gasteiger partial charge on any atom is 0.345 e. The zero-order valence-electron chi connectivity index (χ0n) is 11.2. The summed E-state index contributed by atoms with van der Waals surface area (Å²) in [6.45, 7) is 2.03. The van der Waals surface area contributed by atoms with E-state index in [0.29, 0.717) is 11.3 Å². The Morgan fingerprint density at radius 1 is 1.10 bits per heavy atom. The number of carbonyl (C=O) groups is 1. The van der Waals surface area contributed by atoms with Crippen molar-refractivity contribution in [3.8, 4) is 5.75 Å². The van der Waals surface area contributed by atoms with Crippen molar-refractivity contribution in [2.24, 2.45) is 0 Å². The number of hydrogen-bond donors (Lipinski definition) is 1.